The molecule has 452 valence electrons. The van der Waals surface area contributed by atoms with Gasteiger partial charge < -0.3 is 14.2 Å². The Morgan fingerprint density at radius 3 is 0.812 bits per heavy atom. The summed E-state index contributed by atoms with van der Waals surface area (Å²) in [7, 11) is 0. The number of allylic oxidation sites excluding steroid dienone is 24. The van der Waals surface area contributed by atoms with Gasteiger partial charge in [0.2, 0.25) is 0 Å². The van der Waals surface area contributed by atoms with E-state index in [0.717, 1.165) is 128 Å². The smallest absolute Gasteiger partial charge is 0.306 e. The predicted molar refractivity (Wildman–Crippen MR) is 348 cm³/mol. The fourth-order valence-corrected chi connectivity index (χ4v) is 8.75. The molecule has 0 saturated carbocycles. The standard InChI is InChI=1S/C74H120O6/c1-4-7-10-13-16-19-22-25-28-31-33-35-36-37-38-39-41-43-46-49-52-55-58-61-64-67-73(76)79-70-71(69-78-72(75)66-63-60-57-54-51-48-45-42-30-27-24-21-18-15-12-9-6-3)80-74(77)68-65-62-59-56-53-50-47-44-40-34-32-29-26-23-20-17-14-11-8-5-2/h7,9-10,12,16,18-19,21,25,27-28,30,33,35,37-38,41,43,45,48-49,52,54,57,71H,4-6,8,11,13-15,17,20,22-24,26,29,31-32,34,36,39-40,42,44,46-47,50-51,53,55-56,58-70H2,1-3H3/b10-7-,12-9-,19-16-,21-18-,28-25-,30-27-,35-33-,38-37-,43-41-,48-45-,52-49-,57-54-. The Balaban J connectivity index is 4.51. The maximum atomic E-state index is 12.9. The van der Waals surface area contributed by atoms with Gasteiger partial charge in [-0.05, 0) is 116 Å². The Kier molecular flexibility index (Phi) is 62.9. The molecule has 0 aromatic carbocycles. The van der Waals surface area contributed by atoms with Crippen LogP contribution in [0.4, 0.5) is 0 Å². The minimum Gasteiger partial charge on any atom is -0.462 e. The Bertz CT molecular complexity index is 1750. The minimum atomic E-state index is -0.822. The molecule has 6 nitrogen and oxygen atoms in total. The highest BCUT2D eigenvalue weighted by atomic mass is 16.6. The van der Waals surface area contributed by atoms with Gasteiger partial charge >= 0.3 is 17.9 Å². The van der Waals surface area contributed by atoms with Crippen LogP contribution < -0.4 is 0 Å². The summed E-state index contributed by atoms with van der Waals surface area (Å²) in [6.07, 6.45) is 95.8. The first-order chi connectivity index (χ1) is 39.5. The van der Waals surface area contributed by atoms with Gasteiger partial charge in [0.25, 0.3) is 0 Å². The number of rotatable bonds is 58. The Hall–Kier alpha value is -4.71. The zero-order valence-electron chi connectivity index (χ0n) is 51.8. The lowest BCUT2D eigenvalue weighted by Crippen LogP contribution is -2.30. The maximum absolute atomic E-state index is 12.9. The first-order valence-electron chi connectivity index (χ1n) is 32.8. The third-order valence-corrected chi connectivity index (χ3v) is 13.6. The molecule has 0 bridgehead atoms. The molecule has 0 aliphatic heterocycles. The molecule has 0 saturated heterocycles. The Morgan fingerprint density at radius 1 is 0.263 bits per heavy atom. The second-order valence-electron chi connectivity index (χ2n) is 21.3. The molecule has 0 aromatic heterocycles. The first kappa shape index (κ1) is 75.3. The highest BCUT2D eigenvalue weighted by Gasteiger charge is 2.19. The van der Waals surface area contributed by atoms with Gasteiger partial charge in [0.15, 0.2) is 6.10 Å². The number of unbranched alkanes of at least 4 members (excludes halogenated alkanes) is 23. The summed E-state index contributed by atoms with van der Waals surface area (Å²) in [6.45, 7) is 6.35. The van der Waals surface area contributed by atoms with E-state index in [1.807, 2.05) is 0 Å². The number of hydrogen-bond acceptors (Lipinski definition) is 6. The predicted octanol–water partition coefficient (Wildman–Crippen LogP) is 22.7. The lowest BCUT2D eigenvalue weighted by molar-refractivity contribution is -0.167. The summed E-state index contributed by atoms with van der Waals surface area (Å²) >= 11 is 0. The van der Waals surface area contributed by atoms with Gasteiger partial charge in [-0.2, -0.15) is 0 Å². The molecule has 0 N–H and O–H groups in total. The molecule has 1 unspecified atom stereocenters. The second-order valence-corrected chi connectivity index (χ2v) is 21.3. The summed E-state index contributed by atoms with van der Waals surface area (Å²) in [4.78, 5) is 38.4. The molecular weight excluding hydrogens is 985 g/mol. The van der Waals surface area contributed by atoms with Gasteiger partial charge in [0.05, 0.1) is 0 Å². The topological polar surface area (TPSA) is 78.9 Å². The molecule has 6 heteroatoms. The molecule has 1 atom stereocenters. The average Bonchev–Trinajstić information content (AvgIpc) is 3.46. The molecule has 0 aliphatic carbocycles. The highest BCUT2D eigenvalue weighted by Crippen LogP contribution is 2.16. The van der Waals surface area contributed by atoms with Crippen molar-refractivity contribution in [3.8, 4) is 0 Å². The molecule has 80 heavy (non-hydrogen) atoms. The number of hydrogen-bond donors (Lipinski definition) is 0. The fourth-order valence-electron chi connectivity index (χ4n) is 8.75. The summed E-state index contributed by atoms with van der Waals surface area (Å²) in [5.41, 5.74) is 0. The first-order valence-corrected chi connectivity index (χ1v) is 32.8. The Labute approximate surface area is 493 Å². The van der Waals surface area contributed by atoms with Crippen molar-refractivity contribution >= 4 is 17.9 Å². The minimum absolute atomic E-state index is 0.117. The average molecular weight is 1110 g/mol. The van der Waals surface area contributed by atoms with Crippen LogP contribution in [0.25, 0.3) is 0 Å². The van der Waals surface area contributed by atoms with E-state index in [-0.39, 0.29) is 37.5 Å². The molecule has 0 spiro atoms. The van der Waals surface area contributed by atoms with Crippen LogP contribution in [0.1, 0.15) is 284 Å². The monoisotopic (exact) mass is 1100 g/mol. The number of carbonyl (C=O) groups is 3. The van der Waals surface area contributed by atoms with E-state index in [4.69, 9.17) is 14.2 Å². The normalized spacial score (nSPS) is 13.1. The van der Waals surface area contributed by atoms with E-state index in [2.05, 4.69) is 167 Å². The van der Waals surface area contributed by atoms with E-state index in [0.29, 0.717) is 19.3 Å². The third-order valence-electron chi connectivity index (χ3n) is 13.6. The van der Waals surface area contributed by atoms with Gasteiger partial charge in [0.1, 0.15) is 13.2 Å². The number of esters is 3. The summed E-state index contributed by atoms with van der Waals surface area (Å²) in [5, 5.41) is 0. The molecule has 0 fully saturated rings. The van der Waals surface area contributed by atoms with Crippen molar-refractivity contribution in [3.05, 3.63) is 146 Å². The quantitative estimate of drug-likeness (QED) is 0.0261. The van der Waals surface area contributed by atoms with E-state index in [9.17, 15) is 14.4 Å². The lowest BCUT2D eigenvalue weighted by Gasteiger charge is -2.18. The van der Waals surface area contributed by atoms with Crippen molar-refractivity contribution in [1.82, 2.24) is 0 Å². The van der Waals surface area contributed by atoms with Crippen LogP contribution in [-0.4, -0.2) is 37.2 Å². The van der Waals surface area contributed by atoms with Gasteiger partial charge in [-0.25, -0.2) is 0 Å². The number of ether oxygens (including phenoxy) is 3. The molecule has 0 amide bonds. The van der Waals surface area contributed by atoms with E-state index in [1.54, 1.807) is 0 Å². The molecule has 0 rings (SSSR count). The van der Waals surface area contributed by atoms with Crippen molar-refractivity contribution in [1.29, 1.82) is 0 Å². The van der Waals surface area contributed by atoms with E-state index in [1.165, 1.54) is 109 Å². The Morgan fingerprint density at radius 2 is 0.500 bits per heavy atom. The van der Waals surface area contributed by atoms with E-state index < -0.39 is 6.10 Å². The molecule has 0 radical (unpaired) electrons. The van der Waals surface area contributed by atoms with Crippen LogP contribution in [0.15, 0.2) is 146 Å². The zero-order valence-corrected chi connectivity index (χ0v) is 51.8. The van der Waals surface area contributed by atoms with Crippen molar-refractivity contribution < 1.29 is 28.6 Å². The SMILES string of the molecule is CC/C=C\C/C=C\C/C=C\C/C=C\C/C=C\C/C=C\C/C=C\CCCCCC(=O)OCC(COC(=O)CCC/C=C\C/C=C\C/C=C\C/C=C\C/C=C\CC)OC(=O)CCCCCCCCCCCCCCCCCCCCCC. The van der Waals surface area contributed by atoms with Crippen molar-refractivity contribution in [3.63, 3.8) is 0 Å². The molecular formula is C74H120O6. The van der Waals surface area contributed by atoms with Gasteiger partial charge in [0, 0.05) is 19.3 Å². The zero-order chi connectivity index (χ0) is 57.8. The highest BCUT2D eigenvalue weighted by molar-refractivity contribution is 5.71. The van der Waals surface area contributed by atoms with Crippen molar-refractivity contribution in [2.24, 2.45) is 0 Å². The molecule has 0 aromatic rings. The summed E-state index contributed by atoms with van der Waals surface area (Å²) in [5.74, 6) is -1.00. The summed E-state index contributed by atoms with van der Waals surface area (Å²) in [6, 6.07) is 0. The lowest BCUT2D eigenvalue weighted by atomic mass is 10.0. The van der Waals surface area contributed by atoms with Crippen LogP contribution in [0, 0.1) is 0 Å². The third kappa shape index (κ3) is 64.1. The summed E-state index contributed by atoms with van der Waals surface area (Å²) < 4.78 is 16.9. The van der Waals surface area contributed by atoms with Gasteiger partial charge in [-0.3, -0.25) is 14.4 Å². The van der Waals surface area contributed by atoms with Crippen molar-refractivity contribution in [2.75, 3.05) is 13.2 Å². The van der Waals surface area contributed by atoms with E-state index >= 15 is 0 Å². The van der Waals surface area contributed by atoms with Gasteiger partial charge in [-0.15, -0.1) is 0 Å². The van der Waals surface area contributed by atoms with Gasteiger partial charge in [-0.1, -0.05) is 295 Å². The van der Waals surface area contributed by atoms with Crippen LogP contribution in [-0.2, 0) is 28.6 Å². The molecule has 0 aliphatic rings. The van der Waals surface area contributed by atoms with Crippen molar-refractivity contribution in [2.45, 2.75) is 290 Å². The second kappa shape index (κ2) is 66.8. The van der Waals surface area contributed by atoms with Crippen LogP contribution in [0.5, 0.6) is 0 Å². The fraction of sp³-hybridized carbons (Fsp3) is 0.635. The maximum Gasteiger partial charge on any atom is 0.306 e. The van der Waals surface area contributed by atoms with Crippen LogP contribution >= 0.6 is 0 Å². The largest absolute Gasteiger partial charge is 0.462 e. The van der Waals surface area contributed by atoms with Crippen LogP contribution in [0.2, 0.25) is 0 Å². The number of carbonyl (C=O) groups excluding carboxylic acids is 3. The van der Waals surface area contributed by atoms with Crippen LogP contribution in [0.3, 0.4) is 0 Å². The molecule has 0 heterocycles.